The van der Waals surface area contributed by atoms with Crippen molar-refractivity contribution in [3.05, 3.63) is 34.2 Å². The van der Waals surface area contributed by atoms with Crippen LogP contribution in [-0.2, 0) is 6.54 Å². The monoisotopic (exact) mass is 162 g/mol. The molecule has 1 heterocycles. The molecule has 1 rings (SSSR count). The van der Waals surface area contributed by atoms with Gasteiger partial charge < -0.3 is 4.57 Å². The Bertz CT molecular complexity index is 360. The third-order valence-electron chi connectivity index (χ3n) is 1.67. The third kappa shape index (κ3) is 1.73. The van der Waals surface area contributed by atoms with Crippen LogP contribution in [-0.4, -0.2) is 4.57 Å². The van der Waals surface area contributed by atoms with Crippen LogP contribution in [0.4, 0.5) is 0 Å². The second kappa shape index (κ2) is 3.72. The van der Waals surface area contributed by atoms with Crippen molar-refractivity contribution in [1.82, 2.24) is 4.57 Å². The minimum absolute atomic E-state index is 0.00671. The molecule has 0 unspecified atom stereocenters. The standard InChI is InChI=1S/C9H10N2O/c1-8-4-2-6-11(9(8)12)7-3-5-10/h2,4,6H,3,7H2,1H3. The Morgan fingerprint density at radius 3 is 3.08 bits per heavy atom. The van der Waals surface area contributed by atoms with Crippen molar-refractivity contribution in [2.45, 2.75) is 19.9 Å². The number of aromatic nitrogens is 1. The third-order valence-corrected chi connectivity index (χ3v) is 1.67. The van der Waals surface area contributed by atoms with E-state index in [-0.39, 0.29) is 5.56 Å². The van der Waals surface area contributed by atoms with Crippen LogP contribution in [0.1, 0.15) is 12.0 Å². The van der Waals surface area contributed by atoms with E-state index in [9.17, 15) is 4.79 Å². The predicted octanol–water partition coefficient (Wildman–Crippen LogP) is 1.07. The highest BCUT2D eigenvalue weighted by Gasteiger charge is 1.96. The summed E-state index contributed by atoms with van der Waals surface area (Å²) in [7, 11) is 0. The predicted molar refractivity (Wildman–Crippen MR) is 45.7 cm³/mol. The molecule has 3 heteroatoms. The van der Waals surface area contributed by atoms with Crippen LogP contribution < -0.4 is 5.56 Å². The van der Waals surface area contributed by atoms with Gasteiger partial charge in [0.25, 0.3) is 5.56 Å². The lowest BCUT2D eigenvalue weighted by Crippen LogP contribution is -2.20. The summed E-state index contributed by atoms with van der Waals surface area (Å²) in [6.45, 7) is 2.25. The van der Waals surface area contributed by atoms with Crippen LogP contribution in [0.25, 0.3) is 0 Å². The lowest BCUT2D eigenvalue weighted by molar-refractivity contribution is 0.681. The van der Waals surface area contributed by atoms with E-state index >= 15 is 0 Å². The highest BCUT2D eigenvalue weighted by atomic mass is 16.1. The van der Waals surface area contributed by atoms with Crippen LogP contribution >= 0.6 is 0 Å². The Hall–Kier alpha value is -1.56. The highest BCUT2D eigenvalue weighted by Crippen LogP contribution is 1.90. The van der Waals surface area contributed by atoms with E-state index in [0.717, 1.165) is 5.56 Å². The summed E-state index contributed by atoms with van der Waals surface area (Å²) < 4.78 is 1.55. The molecule has 0 radical (unpaired) electrons. The van der Waals surface area contributed by atoms with Gasteiger partial charge in [0.1, 0.15) is 0 Å². The van der Waals surface area contributed by atoms with Crippen molar-refractivity contribution in [3.8, 4) is 6.07 Å². The van der Waals surface area contributed by atoms with Crippen molar-refractivity contribution in [2.24, 2.45) is 0 Å². The van der Waals surface area contributed by atoms with Crippen molar-refractivity contribution in [2.75, 3.05) is 0 Å². The van der Waals surface area contributed by atoms with Crippen LogP contribution in [0, 0.1) is 18.3 Å². The van der Waals surface area contributed by atoms with Gasteiger partial charge in [-0.25, -0.2) is 0 Å². The Balaban J connectivity index is 2.95. The van der Waals surface area contributed by atoms with E-state index in [1.165, 1.54) is 0 Å². The van der Waals surface area contributed by atoms with Gasteiger partial charge >= 0.3 is 0 Å². The topological polar surface area (TPSA) is 45.8 Å². The first-order valence-electron chi connectivity index (χ1n) is 3.78. The molecule has 0 aliphatic heterocycles. The van der Waals surface area contributed by atoms with Crippen molar-refractivity contribution in [1.29, 1.82) is 5.26 Å². The molecule has 0 spiro atoms. The first-order valence-corrected chi connectivity index (χ1v) is 3.78. The maximum absolute atomic E-state index is 11.3. The molecule has 0 fully saturated rings. The lowest BCUT2D eigenvalue weighted by atomic mass is 10.3. The number of pyridine rings is 1. The summed E-state index contributed by atoms with van der Waals surface area (Å²) in [6.07, 6.45) is 2.08. The smallest absolute Gasteiger partial charge is 0.253 e. The van der Waals surface area contributed by atoms with Crippen molar-refractivity contribution >= 4 is 0 Å². The fourth-order valence-electron chi connectivity index (χ4n) is 1.00. The molecular formula is C9H10N2O. The number of aryl methyl sites for hydroxylation is 2. The second-order valence-corrected chi connectivity index (χ2v) is 2.60. The summed E-state index contributed by atoms with van der Waals surface area (Å²) in [5, 5.41) is 8.32. The fourth-order valence-corrected chi connectivity index (χ4v) is 1.00. The zero-order valence-electron chi connectivity index (χ0n) is 6.95. The number of hydrogen-bond acceptors (Lipinski definition) is 2. The molecule has 0 bridgehead atoms. The average Bonchev–Trinajstić information content (AvgIpc) is 2.08. The van der Waals surface area contributed by atoms with Crippen LogP contribution in [0.5, 0.6) is 0 Å². The Morgan fingerprint density at radius 1 is 1.67 bits per heavy atom. The fraction of sp³-hybridized carbons (Fsp3) is 0.333. The number of nitrogens with zero attached hydrogens (tertiary/aromatic N) is 2. The molecular weight excluding hydrogens is 152 g/mol. The Morgan fingerprint density at radius 2 is 2.42 bits per heavy atom. The molecule has 62 valence electrons. The zero-order valence-corrected chi connectivity index (χ0v) is 6.95. The molecule has 0 aliphatic carbocycles. The largest absolute Gasteiger partial charge is 0.314 e. The summed E-state index contributed by atoms with van der Waals surface area (Å²) in [5.41, 5.74) is 0.711. The van der Waals surface area contributed by atoms with Crippen molar-refractivity contribution in [3.63, 3.8) is 0 Å². The van der Waals surface area contributed by atoms with E-state index < -0.39 is 0 Å². The van der Waals surface area contributed by atoms with Gasteiger partial charge in [-0.1, -0.05) is 6.07 Å². The lowest BCUT2D eigenvalue weighted by Gasteiger charge is -2.01. The van der Waals surface area contributed by atoms with Gasteiger partial charge in [-0.2, -0.15) is 5.26 Å². The van der Waals surface area contributed by atoms with Crippen molar-refractivity contribution < 1.29 is 0 Å². The van der Waals surface area contributed by atoms with Crippen LogP contribution in [0.3, 0.4) is 0 Å². The number of nitriles is 1. The molecule has 0 atom stereocenters. The molecule has 3 nitrogen and oxygen atoms in total. The van der Waals surface area contributed by atoms with Gasteiger partial charge in [0.05, 0.1) is 12.5 Å². The molecule has 0 saturated heterocycles. The highest BCUT2D eigenvalue weighted by molar-refractivity contribution is 5.07. The Labute approximate surface area is 70.9 Å². The van der Waals surface area contributed by atoms with Gasteiger partial charge in [-0.3, -0.25) is 4.79 Å². The van der Waals surface area contributed by atoms with Crippen LogP contribution in [0.15, 0.2) is 23.1 Å². The average molecular weight is 162 g/mol. The van der Waals surface area contributed by atoms with Gasteiger partial charge in [0.2, 0.25) is 0 Å². The first kappa shape index (κ1) is 8.54. The molecule has 0 aromatic carbocycles. The summed E-state index contributed by atoms with van der Waals surface area (Å²) in [6, 6.07) is 5.59. The van der Waals surface area contributed by atoms with Gasteiger partial charge in [-0.05, 0) is 13.0 Å². The summed E-state index contributed by atoms with van der Waals surface area (Å²) >= 11 is 0. The Kier molecular flexibility index (Phi) is 2.65. The summed E-state index contributed by atoms with van der Waals surface area (Å²) in [4.78, 5) is 11.3. The normalized spacial score (nSPS) is 9.33. The first-order chi connectivity index (χ1) is 5.75. The van der Waals surface area contributed by atoms with E-state index in [0.29, 0.717) is 13.0 Å². The molecule has 12 heavy (non-hydrogen) atoms. The van der Waals surface area contributed by atoms with Gasteiger partial charge in [-0.15, -0.1) is 0 Å². The molecule has 0 aliphatic rings. The minimum Gasteiger partial charge on any atom is -0.314 e. The van der Waals surface area contributed by atoms with Crippen LogP contribution in [0.2, 0.25) is 0 Å². The zero-order chi connectivity index (χ0) is 8.97. The maximum atomic E-state index is 11.3. The van der Waals surface area contributed by atoms with E-state index in [1.807, 2.05) is 12.1 Å². The quantitative estimate of drug-likeness (QED) is 0.653. The molecule has 1 aromatic rings. The molecule has 0 amide bonds. The van der Waals surface area contributed by atoms with Gasteiger partial charge in [0, 0.05) is 18.3 Å². The SMILES string of the molecule is Cc1cccn(CCC#N)c1=O. The van der Waals surface area contributed by atoms with Gasteiger partial charge in [0.15, 0.2) is 0 Å². The minimum atomic E-state index is -0.00671. The van der Waals surface area contributed by atoms with E-state index in [1.54, 1.807) is 23.8 Å². The molecule has 0 saturated carbocycles. The number of hydrogen-bond donors (Lipinski definition) is 0. The second-order valence-electron chi connectivity index (χ2n) is 2.60. The van der Waals surface area contributed by atoms with E-state index in [4.69, 9.17) is 5.26 Å². The maximum Gasteiger partial charge on any atom is 0.253 e. The molecule has 1 aromatic heterocycles. The summed E-state index contributed by atoms with van der Waals surface area (Å²) in [5.74, 6) is 0. The number of rotatable bonds is 2. The van der Waals surface area contributed by atoms with E-state index in [2.05, 4.69) is 0 Å². The molecule has 0 N–H and O–H groups in total.